The first-order valence-electron chi connectivity index (χ1n) is 8.25. The van der Waals surface area contributed by atoms with Crippen molar-refractivity contribution in [1.29, 1.82) is 5.26 Å². The number of aromatic nitrogens is 1. The molecule has 0 bridgehead atoms. The molecule has 0 saturated carbocycles. The van der Waals surface area contributed by atoms with E-state index in [4.69, 9.17) is 22.6 Å². The molecule has 1 fully saturated rings. The molecule has 8 nitrogen and oxygen atoms in total. The number of carbonyl (C=O) groups is 2. The lowest BCUT2D eigenvalue weighted by atomic mass is 10.2. The number of anilines is 2. The zero-order chi connectivity index (χ0) is 19.4. The second kappa shape index (κ2) is 7.93. The Morgan fingerprint density at radius 1 is 1.22 bits per heavy atom. The number of urea groups is 1. The van der Waals surface area contributed by atoms with E-state index in [1.54, 1.807) is 41.4 Å². The van der Waals surface area contributed by atoms with Crippen LogP contribution in [0.2, 0.25) is 5.02 Å². The number of primary amides is 1. The van der Waals surface area contributed by atoms with Crippen LogP contribution in [0.5, 0.6) is 0 Å². The van der Waals surface area contributed by atoms with E-state index in [1.165, 1.54) is 0 Å². The largest absolute Gasteiger partial charge is 0.365 e. The number of nitrogens with two attached hydrogens (primary N) is 1. The van der Waals surface area contributed by atoms with E-state index in [9.17, 15) is 9.59 Å². The molecule has 0 aliphatic carbocycles. The molecule has 2 heterocycles. The van der Waals surface area contributed by atoms with Crippen LogP contribution in [-0.2, 0) is 0 Å². The number of pyridine rings is 1. The Labute approximate surface area is 161 Å². The average molecular weight is 385 g/mol. The van der Waals surface area contributed by atoms with Crippen molar-refractivity contribution in [2.45, 2.75) is 0 Å². The molecule has 0 atom stereocenters. The van der Waals surface area contributed by atoms with Gasteiger partial charge in [-0.3, -0.25) is 4.79 Å². The second-order valence-corrected chi connectivity index (χ2v) is 6.36. The molecule has 3 N–H and O–H groups in total. The molecule has 2 aromatic rings. The van der Waals surface area contributed by atoms with Crippen molar-refractivity contribution in [2.24, 2.45) is 5.73 Å². The predicted octanol–water partition coefficient (Wildman–Crippen LogP) is 2.06. The zero-order valence-corrected chi connectivity index (χ0v) is 15.1. The minimum Gasteiger partial charge on any atom is -0.365 e. The maximum atomic E-state index is 12.5. The summed E-state index contributed by atoms with van der Waals surface area (Å²) in [7, 11) is 0. The van der Waals surface area contributed by atoms with E-state index in [0.717, 1.165) is 0 Å². The van der Waals surface area contributed by atoms with Crippen LogP contribution in [0, 0.1) is 11.3 Å². The third kappa shape index (κ3) is 4.10. The monoisotopic (exact) mass is 384 g/mol. The Morgan fingerprint density at radius 3 is 2.59 bits per heavy atom. The molecule has 0 radical (unpaired) electrons. The standard InChI is InChI=1S/C18H17ClN6O2/c19-15-10-13(4-3-12(15)11-20)23-18(27)25-8-6-24(7-9-25)17-14(16(21)26)2-1-5-22-17/h1-5,10H,6-9H2,(H2,21,26)(H,23,27). The number of nitriles is 1. The predicted molar refractivity (Wildman–Crippen MR) is 102 cm³/mol. The minimum absolute atomic E-state index is 0.258. The van der Waals surface area contributed by atoms with Gasteiger partial charge >= 0.3 is 6.03 Å². The second-order valence-electron chi connectivity index (χ2n) is 5.95. The number of benzene rings is 1. The Bertz CT molecular complexity index is 918. The van der Waals surface area contributed by atoms with Gasteiger partial charge < -0.3 is 20.9 Å². The molecule has 138 valence electrons. The maximum Gasteiger partial charge on any atom is 0.321 e. The van der Waals surface area contributed by atoms with Crippen molar-refractivity contribution >= 4 is 35.0 Å². The van der Waals surface area contributed by atoms with Gasteiger partial charge in [-0.1, -0.05) is 11.6 Å². The van der Waals surface area contributed by atoms with Crippen LogP contribution >= 0.6 is 11.6 Å². The maximum absolute atomic E-state index is 12.5. The van der Waals surface area contributed by atoms with Gasteiger partial charge in [-0.15, -0.1) is 0 Å². The highest BCUT2D eigenvalue weighted by molar-refractivity contribution is 6.32. The van der Waals surface area contributed by atoms with Gasteiger partial charge in [0.2, 0.25) is 0 Å². The summed E-state index contributed by atoms with van der Waals surface area (Å²) < 4.78 is 0. The number of hydrogen-bond donors (Lipinski definition) is 2. The number of rotatable bonds is 3. The van der Waals surface area contributed by atoms with Gasteiger partial charge in [0.1, 0.15) is 11.9 Å². The summed E-state index contributed by atoms with van der Waals surface area (Å²) >= 11 is 5.99. The van der Waals surface area contributed by atoms with E-state index in [1.807, 2.05) is 11.0 Å². The van der Waals surface area contributed by atoms with E-state index >= 15 is 0 Å². The highest BCUT2D eigenvalue weighted by Crippen LogP contribution is 2.22. The summed E-state index contributed by atoms with van der Waals surface area (Å²) in [6.07, 6.45) is 1.61. The number of nitrogens with one attached hydrogen (secondary N) is 1. The molecule has 1 aromatic carbocycles. The minimum atomic E-state index is -0.532. The van der Waals surface area contributed by atoms with Gasteiger partial charge in [0, 0.05) is 38.1 Å². The van der Waals surface area contributed by atoms with Gasteiger partial charge in [0.25, 0.3) is 5.91 Å². The first kappa shape index (κ1) is 18.5. The van der Waals surface area contributed by atoms with Crippen molar-refractivity contribution in [3.05, 3.63) is 52.7 Å². The van der Waals surface area contributed by atoms with Crippen LogP contribution in [0.1, 0.15) is 15.9 Å². The van der Waals surface area contributed by atoms with Crippen LogP contribution in [0.3, 0.4) is 0 Å². The number of amides is 3. The molecule has 3 rings (SSSR count). The lowest BCUT2D eigenvalue weighted by molar-refractivity contribution is 0.1000. The van der Waals surface area contributed by atoms with Gasteiger partial charge in [0.15, 0.2) is 0 Å². The Morgan fingerprint density at radius 2 is 1.96 bits per heavy atom. The average Bonchev–Trinajstić information content (AvgIpc) is 2.68. The number of piperazine rings is 1. The molecule has 3 amide bonds. The van der Waals surface area contributed by atoms with Crippen LogP contribution in [0.25, 0.3) is 0 Å². The molecule has 1 saturated heterocycles. The molecule has 1 aliphatic heterocycles. The molecule has 27 heavy (non-hydrogen) atoms. The molecule has 1 aliphatic rings. The van der Waals surface area contributed by atoms with Crippen molar-refractivity contribution in [1.82, 2.24) is 9.88 Å². The topological polar surface area (TPSA) is 115 Å². The fourth-order valence-corrected chi connectivity index (χ4v) is 3.07. The third-order valence-electron chi connectivity index (χ3n) is 4.26. The molecule has 9 heteroatoms. The molecule has 0 spiro atoms. The van der Waals surface area contributed by atoms with Gasteiger partial charge in [-0.2, -0.15) is 5.26 Å². The fraction of sp³-hybridized carbons (Fsp3) is 0.222. The summed E-state index contributed by atoms with van der Waals surface area (Å²) in [6.45, 7) is 1.98. The SMILES string of the molecule is N#Cc1ccc(NC(=O)N2CCN(c3ncccc3C(N)=O)CC2)cc1Cl. The number of halogens is 1. The lowest BCUT2D eigenvalue weighted by Gasteiger charge is -2.35. The molecular formula is C18H17ClN6O2. The summed E-state index contributed by atoms with van der Waals surface area (Å²) in [4.78, 5) is 31.9. The molecule has 0 unspecified atom stereocenters. The number of nitrogens with zero attached hydrogens (tertiary/aromatic N) is 4. The van der Waals surface area contributed by atoms with Gasteiger partial charge in [0.05, 0.1) is 16.1 Å². The Kier molecular flexibility index (Phi) is 5.43. The van der Waals surface area contributed by atoms with Crippen molar-refractivity contribution in [3.8, 4) is 6.07 Å². The summed E-state index contributed by atoms with van der Waals surface area (Å²) in [5.74, 6) is -0.0000930. The first-order valence-corrected chi connectivity index (χ1v) is 8.62. The highest BCUT2D eigenvalue weighted by Gasteiger charge is 2.24. The van der Waals surface area contributed by atoms with E-state index < -0.39 is 5.91 Å². The molecule has 1 aromatic heterocycles. The summed E-state index contributed by atoms with van der Waals surface area (Å²) in [6, 6.07) is 9.75. The Balaban J connectivity index is 1.62. The van der Waals surface area contributed by atoms with E-state index in [-0.39, 0.29) is 11.1 Å². The van der Waals surface area contributed by atoms with Crippen LogP contribution in [-0.4, -0.2) is 48.0 Å². The third-order valence-corrected chi connectivity index (χ3v) is 4.57. The van der Waals surface area contributed by atoms with Crippen molar-refractivity contribution < 1.29 is 9.59 Å². The fourth-order valence-electron chi connectivity index (χ4n) is 2.85. The lowest BCUT2D eigenvalue weighted by Crippen LogP contribution is -2.50. The van der Waals surface area contributed by atoms with Gasteiger partial charge in [-0.05, 0) is 30.3 Å². The van der Waals surface area contributed by atoms with Crippen LogP contribution in [0.4, 0.5) is 16.3 Å². The first-order chi connectivity index (χ1) is 13.0. The highest BCUT2D eigenvalue weighted by atomic mass is 35.5. The normalized spacial score (nSPS) is 13.8. The van der Waals surface area contributed by atoms with Crippen molar-refractivity contribution in [3.63, 3.8) is 0 Å². The molecular weight excluding hydrogens is 368 g/mol. The van der Waals surface area contributed by atoms with Crippen molar-refractivity contribution in [2.75, 3.05) is 36.4 Å². The zero-order valence-electron chi connectivity index (χ0n) is 14.4. The van der Waals surface area contributed by atoms with Crippen LogP contribution in [0.15, 0.2) is 36.5 Å². The smallest absolute Gasteiger partial charge is 0.321 e. The Hall–Kier alpha value is -3.31. The summed E-state index contributed by atoms with van der Waals surface area (Å²) in [5, 5.41) is 12.0. The number of carbonyl (C=O) groups excluding carboxylic acids is 2. The quantitative estimate of drug-likeness (QED) is 0.840. The van der Waals surface area contributed by atoms with Gasteiger partial charge in [-0.25, -0.2) is 9.78 Å². The van der Waals surface area contributed by atoms with Crippen LogP contribution < -0.4 is 16.0 Å². The number of hydrogen-bond acceptors (Lipinski definition) is 5. The van der Waals surface area contributed by atoms with E-state index in [0.29, 0.717) is 48.8 Å². The van der Waals surface area contributed by atoms with E-state index in [2.05, 4.69) is 10.3 Å². The summed E-state index contributed by atoms with van der Waals surface area (Å²) in [5.41, 5.74) is 6.64.